The van der Waals surface area contributed by atoms with Crippen molar-refractivity contribution in [2.75, 3.05) is 0 Å². The number of alkyl halides is 3. The Morgan fingerprint density at radius 3 is 2.67 bits per heavy atom. The highest BCUT2D eigenvalue weighted by Gasteiger charge is 2.31. The lowest BCUT2D eigenvalue weighted by molar-refractivity contribution is -0.137. The van der Waals surface area contributed by atoms with Crippen molar-refractivity contribution >= 4 is 17.7 Å². The molecule has 0 unspecified atom stereocenters. The molecule has 0 N–H and O–H groups in total. The number of carbonyl (C=O) groups excluding carboxylic acids is 1. The van der Waals surface area contributed by atoms with Crippen LogP contribution in [0.1, 0.15) is 38.6 Å². The van der Waals surface area contributed by atoms with Gasteiger partial charge in [-0.25, -0.2) is 14.4 Å². The summed E-state index contributed by atoms with van der Waals surface area (Å²) in [6.45, 7) is 0. The summed E-state index contributed by atoms with van der Waals surface area (Å²) in [6.07, 6.45) is 1.68. The van der Waals surface area contributed by atoms with E-state index in [4.69, 9.17) is 0 Å². The zero-order chi connectivity index (χ0) is 25.3. The highest BCUT2D eigenvalue weighted by molar-refractivity contribution is 5.96. The molecule has 10 heteroatoms. The van der Waals surface area contributed by atoms with Crippen molar-refractivity contribution in [3.8, 4) is 11.3 Å². The Kier molecular flexibility index (Phi) is 6.09. The molecule has 5 rings (SSSR count). The van der Waals surface area contributed by atoms with Gasteiger partial charge < -0.3 is 0 Å². The largest absolute Gasteiger partial charge is 0.416 e. The molecule has 180 valence electrons. The molecule has 0 saturated carbocycles. The average molecular weight is 491 g/mol. The molecule has 0 aliphatic carbocycles. The fourth-order valence-electron chi connectivity index (χ4n) is 4.01. The Labute approximate surface area is 202 Å². The first kappa shape index (κ1) is 23.4. The van der Waals surface area contributed by atoms with Crippen molar-refractivity contribution in [3.63, 3.8) is 0 Å². The summed E-state index contributed by atoms with van der Waals surface area (Å²) in [5.74, 6) is -1.35. The molecule has 0 atom stereocenters. The number of fused-ring (bicyclic) bond motifs is 1. The Balaban J connectivity index is 1.42. The van der Waals surface area contributed by atoms with Crippen LogP contribution in [0.5, 0.6) is 0 Å². The predicted octanol–water partition coefficient (Wildman–Crippen LogP) is 5.37. The molecule has 1 aliphatic rings. The van der Waals surface area contributed by atoms with Crippen LogP contribution in [0, 0.1) is 5.82 Å². The van der Waals surface area contributed by atoms with Gasteiger partial charge in [0.25, 0.3) is 0 Å². The normalized spacial score (nSPS) is 12.6. The summed E-state index contributed by atoms with van der Waals surface area (Å²) < 4.78 is 53.5. The number of nitrogens with zero attached hydrogens (tertiary/aromatic N) is 5. The van der Waals surface area contributed by atoms with Crippen LogP contribution in [0.25, 0.3) is 11.3 Å². The fourth-order valence-corrected chi connectivity index (χ4v) is 4.01. The summed E-state index contributed by atoms with van der Waals surface area (Å²) in [6, 6.07) is 9.42. The number of rotatable bonds is 6. The lowest BCUT2D eigenvalue weighted by Crippen LogP contribution is -2.11. The molecule has 0 amide bonds. The Morgan fingerprint density at radius 1 is 0.972 bits per heavy atom. The van der Waals surface area contributed by atoms with Crippen molar-refractivity contribution in [3.05, 3.63) is 101 Å². The topological polar surface area (TPSA) is 81.0 Å². The summed E-state index contributed by atoms with van der Waals surface area (Å²) in [5, 5.41) is 0. The second-order valence-electron chi connectivity index (χ2n) is 8.16. The maximum absolute atomic E-state index is 14.5. The number of Topliss-reactive ketones (excluding diaryl/α,β-unsaturated/α-hetero) is 1. The molecule has 0 radical (unpaired) electrons. The monoisotopic (exact) mass is 491 g/mol. The first-order valence-corrected chi connectivity index (χ1v) is 10.9. The summed E-state index contributed by atoms with van der Waals surface area (Å²) in [7, 11) is 0. The quantitative estimate of drug-likeness (QED) is 0.268. The van der Waals surface area contributed by atoms with Gasteiger partial charge in [-0.15, -0.1) is 0 Å². The van der Waals surface area contributed by atoms with Gasteiger partial charge in [0, 0.05) is 43.4 Å². The SMILES string of the molecule is O=C(Cc1cc(Cc2ncccc2-c2ncnc3c2N=CC3)ccc1F)c1cc(C(F)(F)F)ccn1. The maximum Gasteiger partial charge on any atom is 0.416 e. The van der Waals surface area contributed by atoms with Crippen molar-refractivity contribution in [1.82, 2.24) is 19.9 Å². The van der Waals surface area contributed by atoms with Crippen molar-refractivity contribution in [2.24, 2.45) is 4.99 Å². The first-order chi connectivity index (χ1) is 17.3. The van der Waals surface area contributed by atoms with Crippen LogP contribution in [0.15, 0.2) is 66.2 Å². The van der Waals surface area contributed by atoms with Crippen LogP contribution in [-0.2, 0) is 25.4 Å². The molecule has 0 saturated heterocycles. The highest BCUT2D eigenvalue weighted by atomic mass is 19.4. The predicted molar refractivity (Wildman–Crippen MR) is 124 cm³/mol. The number of hydrogen-bond donors (Lipinski definition) is 0. The third-order valence-electron chi connectivity index (χ3n) is 5.75. The van der Waals surface area contributed by atoms with E-state index in [1.54, 1.807) is 24.5 Å². The summed E-state index contributed by atoms with van der Waals surface area (Å²) in [5.41, 5.74) is 2.94. The van der Waals surface area contributed by atoms with E-state index in [9.17, 15) is 22.4 Å². The first-order valence-electron chi connectivity index (χ1n) is 10.9. The van der Waals surface area contributed by atoms with Gasteiger partial charge in [-0.2, -0.15) is 13.2 Å². The molecule has 3 aromatic heterocycles. The van der Waals surface area contributed by atoms with Crippen LogP contribution in [0.2, 0.25) is 0 Å². The van der Waals surface area contributed by atoms with Gasteiger partial charge in [0.1, 0.15) is 29.2 Å². The van der Waals surface area contributed by atoms with Crippen molar-refractivity contribution in [2.45, 2.75) is 25.4 Å². The molecule has 0 fully saturated rings. The van der Waals surface area contributed by atoms with Gasteiger partial charge in [-0.05, 0) is 41.5 Å². The van der Waals surface area contributed by atoms with Crippen LogP contribution in [-0.4, -0.2) is 31.9 Å². The lowest BCUT2D eigenvalue weighted by Gasteiger charge is -2.12. The average Bonchev–Trinajstić information content (AvgIpc) is 3.35. The smallest absolute Gasteiger partial charge is 0.292 e. The van der Waals surface area contributed by atoms with E-state index in [-0.39, 0.29) is 11.3 Å². The highest BCUT2D eigenvalue weighted by Crippen LogP contribution is 2.35. The Morgan fingerprint density at radius 2 is 1.83 bits per heavy atom. The third-order valence-corrected chi connectivity index (χ3v) is 5.75. The number of hydrogen-bond acceptors (Lipinski definition) is 6. The molecule has 4 heterocycles. The Hall–Kier alpha value is -4.34. The van der Waals surface area contributed by atoms with Crippen LogP contribution >= 0.6 is 0 Å². The van der Waals surface area contributed by atoms with Gasteiger partial charge >= 0.3 is 6.18 Å². The molecular formula is C26H17F4N5O. The van der Waals surface area contributed by atoms with Crippen LogP contribution in [0.3, 0.4) is 0 Å². The fraction of sp³-hybridized carbons (Fsp3) is 0.154. The second kappa shape index (κ2) is 9.37. The van der Waals surface area contributed by atoms with E-state index in [2.05, 4.69) is 24.9 Å². The van der Waals surface area contributed by atoms with Gasteiger partial charge in [-0.3, -0.25) is 19.8 Å². The number of aromatic nitrogens is 4. The molecule has 0 spiro atoms. The van der Waals surface area contributed by atoms with Crippen molar-refractivity contribution in [1.29, 1.82) is 0 Å². The van der Waals surface area contributed by atoms with Gasteiger partial charge in [0.2, 0.25) is 0 Å². The molecular weight excluding hydrogens is 474 g/mol. The third kappa shape index (κ3) is 4.74. The standard InChI is InChI=1S/C26H17F4N5O/c27-19-4-3-15(10-16(19)12-23(36)22-13-17(5-8-32-22)26(28,29)30)11-21-18(2-1-7-31-21)24-25-20(6-9-33-25)34-14-35-24/h1-5,7-10,13-14H,6,11-12H2. The van der Waals surface area contributed by atoms with Gasteiger partial charge in [-0.1, -0.05) is 12.1 Å². The van der Waals surface area contributed by atoms with E-state index in [1.807, 2.05) is 6.07 Å². The van der Waals surface area contributed by atoms with E-state index in [0.717, 1.165) is 23.5 Å². The Bertz CT molecular complexity index is 1500. The van der Waals surface area contributed by atoms with Gasteiger partial charge in [0.15, 0.2) is 5.78 Å². The second-order valence-corrected chi connectivity index (χ2v) is 8.16. The summed E-state index contributed by atoms with van der Waals surface area (Å²) >= 11 is 0. The van der Waals surface area contributed by atoms with Gasteiger partial charge in [0.05, 0.1) is 17.0 Å². The number of ketones is 1. The van der Waals surface area contributed by atoms with E-state index >= 15 is 0 Å². The molecule has 1 aliphatic heterocycles. The van der Waals surface area contributed by atoms with Crippen molar-refractivity contribution < 1.29 is 22.4 Å². The number of pyridine rings is 2. The maximum atomic E-state index is 14.5. The number of aliphatic imine (C=N–C) groups is 1. The minimum absolute atomic E-state index is 0.0571. The van der Waals surface area contributed by atoms with Crippen LogP contribution in [0.4, 0.5) is 23.2 Å². The molecule has 4 aromatic rings. The zero-order valence-electron chi connectivity index (χ0n) is 18.6. The minimum Gasteiger partial charge on any atom is -0.292 e. The minimum atomic E-state index is -4.61. The molecule has 36 heavy (non-hydrogen) atoms. The lowest BCUT2D eigenvalue weighted by atomic mass is 9.98. The van der Waals surface area contributed by atoms with E-state index in [1.165, 1.54) is 18.5 Å². The zero-order valence-corrected chi connectivity index (χ0v) is 18.6. The van der Waals surface area contributed by atoms with E-state index < -0.39 is 29.8 Å². The van der Waals surface area contributed by atoms with Crippen LogP contribution < -0.4 is 0 Å². The van der Waals surface area contributed by atoms with E-state index in [0.29, 0.717) is 41.5 Å². The molecule has 0 bridgehead atoms. The number of halogens is 4. The number of benzene rings is 1. The molecule has 1 aromatic carbocycles. The molecule has 6 nitrogen and oxygen atoms in total. The number of carbonyl (C=O) groups is 1. The summed E-state index contributed by atoms with van der Waals surface area (Å²) in [4.78, 5) is 33.9.